The van der Waals surface area contributed by atoms with Crippen LogP contribution in [0.4, 0.5) is 0 Å². The highest BCUT2D eigenvalue weighted by Crippen LogP contribution is 2.03. The average Bonchev–Trinajstić information content (AvgIpc) is 2.67. The van der Waals surface area contributed by atoms with Crippen molar-refractivity contribution in [2.75, 3.05) is 13.7 Å². The van der Waals surface area contributed by atoms with Gasteiger partial charge in [0.1, 0.15) is 12.1 Å². The molecule has 164 valence electrons. The predicted octanol–water partition coefficient (Wildman–Crippen LogP) is -0.587. The number of rotatable bonds is 14. The number of esters is 1. The second-order valence-corrected chi connectivity index (χ2v) is 6.19. The molecule has 0 aromatic heterocycles. The van der Waals surface area contributed by atoms with Gasteiger partial charge in [0.05, 0.1) is 13.2 Å². The third-order valence-corrected chi connectivity index (χ3v) is 3.84. The molecular weight excluding hydrogens is 386 g/mol. The van der Waals surface area contributed by atoms with Gasteiger partial charge in [-0.1, -0.05) is 26.7 Å². The van der Waals surface area contributed by atoms with Gasteiger partial charge in [-0.15, -0.1) is 0 Å². The van der Waals surface area contributed by atoms with E-state index in [2.05, 4.69) is 20.7 Å². The van der Waals surface area contributed by atoms with E-state index in [-0.39, 0.29) is 19.4 Å². The van der Waals surface area contributed by atoms with Gasteiger partial charge in [-0.05, 0) is 12.8 Å². The molecule has 11 nitrogen and oxygen atoms in total. The van der Waals surface area contributed by atoms with Crippen LogP contribution < -0.4 is 16.0 Å². The minimum Gasteiger partial charge on any atom is -0.480 e. The number of carboxylic acid groups (broad SMARTS) is 2. The minimum absolute atomic E-state index is 0.241. The molecule has 2 unspecified atom stereocenters. The van der Waals surface area contributed by atoms with E-state index in [0.717, 1.165) is 19.3 Å². The van der Waals surface area contributed by atoms with Crippen LogP contribution in [0.5, 0.6) is 0 Å². The first-order valence-electron chi connectivity index (χ1n) is 9.22. The summed E-state index contributed by atoms with van der Waals surface area (Å²) in [6, 6.07) is -3.33. The molecule has 0 aliphatic rings. The van der Waals surface area contributed by atoms with Crippen LogP contribution in [0.3, 0.4) is 0 Å². The van der Waals surface area contributed by atoms with E-state index in [0.29, 0.717) is 12.8 Å². The summed E-state index contributed by atoms with van der Waals surface area (Å²) in [7, 11) is 1.14. The zero-order chi connectivity index (χ0) is 22.4. The topological polar surface area (TPSA) is 171 Å². The van der Waals surface area contributed by atoms with Gasteiger partial charge in [-0.2, -0.15) is 0 Å². The summed E-state index contributed by atoms with van der Waals surface area (Å²) < 4.78 is 4.34. The van der Waals surface area contributed by atoms with Crippen LogP contribution in [-0.2, 0) is 28.7 Å². The fourth-order valence-corrected chi connectivity index (χ4v) is 2.33. The fraction of sp³-hybridized carbons (Fsp3) is 0.611. The number of carbonyl (C=O) groups excluding carboxylic acids is 3. The van der Waals surface area contributed by atoms with E-state index in [4.69, 9.17) is 0 Å². The summed E-state index contributed by atoms with van der Waals surface area (Å²) in [5, 5.41) is 25.9. The van der Waals surface area contributed by atoms with Crippen molar-refractivity contribution in [3.05, 3.63) is 12.2 Å². The number of hydrogen-bond donors (Lipinski definition) is 5. The van der Waals surface area contributed by atoms with Crippen LogP contribution >= 0.6 is 0 Å². The molecule has 0 heterocycles. The normalized spacial score (nSPS) is 13.9. The SMILES string of the molecule is CCCC(NC(=O)C(CCC)N[C@@H](CNC(=O)/C=C/C(=O)OC)C(=O)O)C(=O)O. The molecular formula is C18H29N3O8. The van der Waals surface area contributed by atoms with E-state index < -0.39 is 47.8 Å². The lowest BCUT2D eigenvalue weighted by molar-refractivity contribution is -0.143. The maximum atomic E-state index is 12.4. The molecule has 0 aromatic rings. The number of amides is 2. The first-order chi connectivity index (χ1) is 13.7. The van der Waals surface area contributed by atoms with Crippen LogP contribution in [0.1, 0.15) is 39.5 Å². The van der Waals surface area contributed by atoms with Crippen molar-refractivity contribution in [2.24, 2.45) is 0 Å². The first-order valence-corrected chi connectivity index (χ1v) is 9.22. The molecule has 0 aliphatic carbocycles. The lowest BCUT2D eigenvalue weighted by Gasteiger charge is -2.24. The molecule has 0 radical (unpaired) electrons. The molecule has 0 saturated carbocycles. The van der Waals surface area contributed by atoms with Crippen molar-refractivity contribution in [3.63, 3.8) is 0 Å². The molecule has 5 N–H and O–H groups in total. The van der Waals surface area contributed by atoms with Gasteiger partial charge in [0, 0.05) is 18.7 Å². The van der Waals surface area contributed by atoms with Crippen LogP contribution in [0.2, 0.25) is 0 Å². The Balaban J connectivity index is 5.03. The van der Waals surface area contributed by atoms with Crippen LogP contribution in [0.15, 0.2) is 12.2 Å². The highest BCUT2D eigenvalue weighted by atomic mass is 16.5. The Morgan fingerprint density at radius 1 is 0.897 bits per heavy atom. The third-order valence-electron chi connectivity index (χ3n) is 3.84. The number of nitrogens with one attached hydrogen (secondary N) is 3. The standard InChI is InChI=1S/C18H29N3O8/c1-4-6-11(16(24)21-12(7-5-2)17(25)26)20-13(18(27)28)10-19-14(22)8-9-15(23)29-3/h8-9,11-13,20H,4-7,10H2,1-3H3,(H,19,22)(H,21,24)(H,25,26)(H,27,28)/b9-8+/t11?,12?,13-/m0/s1. The Kier molecular flexibility index (Phi) is 12.7. The molecule has 0 spiro atoms. The van der Waals surface area contributed by atoms with Crippen molar-refractivity contribution >= 4 is 29.7 Å². The van der Waals surface area contributed by atoms with E-state index in [1.807, 2.05) is 0 Å². The Hall–Kier alpha value is -2.95. The van der Waals surface area contributed by atoms with Crippen molar-refractivity contribution in [1.82, 2.24) is 16.0 Å². The summed E-state index contributed by atoms with van der Waals surface area (Å²) in [6.45, 7) is 3.21. The predicted molar refractivity (Wildman–Crippen MR) is 102 cm³/mol. The molecule has 0 bridgehead atoms. The number of hydrogen-bond acceptors (Lipinski definition) is 7. The number of methoxy groups -OCH3 is 1. The van der Waals surface area contributed by atoms with Crippen LogP contribution in [0, 0.1) is 0 Å². The third kappa shape index (κ3) is 10.8. The molecule has 2 amide bonds. The van der Waals surface area contributed by atoms with Gasteiger partial charge in [-0.3, -0.25) is 19.7 Å². The molecule has 0 fully saturated rings. The largest absolute Gasteiger partial charge is 0.480 e. The van der Waals surface area contributed by atoms with Gasteiger partial charge in [0.2, 0.25) is 11.8 Å². The summed E-state index contributed by atoms with van der Waals surface area (Å²) in [6.07, 6.45) is 3.37. The second-order valence-electron chi connectivity index (χ2n) is 6.19. The van der Waals surface area contributed by atoms with Gasteiger partial charge >= 0.3 is 17.9 Å². The lowest BCUT2D eigenvalue weighted by Crippen LogP contribution is -2.56. The Bertz CT molecular complexity index is 620. The van der Waals surface area contributed by atoms with Crippen molar-refractivity contribution in [2.45, 2.75) is 57.7 Å². The molecule has 0 rings (SSSR count). The summed E-state index contributed by atoms with van der Waals surface area (Å²) >= 11 is 0. The second kappa shape index (κ2) is 14.1. The van der Waals surface area contributed by atoms with Gasteiger partial charge in [0.15, 0.2) is 0 Å². The Morgan fingerprint density at radius 3 is 1.93 bits per heavy atom. The number of aliphatic carboxylic acids is 2. The summed E-state index contributed by atoms with van der Waals surface area (Å²) in [4.78, 5) is 57.8. The lowest BCUT2D eigenvalue weighted by atomic mass is 10.1. The highest BCUT2D eigenvalue weighted by Gasteiger charge is 2.28. The smallest absolute Gasteiger partial charge is 0.330 e. The Morgan fingerprint density at radius 2 is 1.45 bits per heavy atom. The zero-order valence-corrected chi connectivity index (χ0v) is 16.8. The zero-order valence-electron chi connectivity index (χ0n) is 16.8. The molecule has 0 aromatic carbocycles. The van der Waals surface area contributed by atoms with Gasteiger partial charge in [0.25, 0.3) is 0 Å². The average molecular weight is 415 g/mol. The van der Waals surface area contributed by atoms with Gasteiger partial charge in [-0.25, -0.2) is 9.59 Å². The number of carboxylic acids is 2. The summed E-state index contributed by atoms with van der Waals surface area (Å²) in [5.41, 5.74) is 0. The molecule has 29 heavy (non-hydrogen) atoms. The quantitative estimate of drug-likeness (QED) is 0.184. The van der Waals surface area contributed by atoms with Crippen molar-refractivity contribution < 1.29 is 38.9 Å². The molecule has 0 aliphatic heterocycles. The minimum atomic E-state index is -1.31. The fourth-order valence-electron chi connectivity index (χ4n) is 2.33. The highest BCUT2D eigenvalue weighted by molar-refractivity contribution is 5.94. The van der Waals surface area contributed by atoms with Gasteiger partial charge < -0.3 is 25.6 Å². The molecule has 11 heteroatoms. The van der Waals surface area contributed by atoms with E-state index in [1.165, 1.54) is 0 Å². The molecule has 0 saturated heterocycles. The van der Waals surface area contributed by atoms with Crippen LogP contribution in [-0.4, -0.2) is 71.7 Å². The monoisotopic (exact) mass is 415 g/mol. The maximum Gasteiger partial charge on any atom is 0.330 e. The Labute approximate surface area is 168 Å². The summed E-state index contributed by atoms with van der Waals surface area (Å²) in [5.74, 6) is -4.56. The van der Waals surface area contributed by atoms with Crippen LogP contribution in [0.25, 0.3) is 0 Å². The molecule has 3 atom stereocenters. The van der Waals surface area contributed by atoms with E-state index in [9.17, 15) is 34.2 Å². The maximum absolute atomic E-state index is 12.4. The number of ether oxygens (including phenoxy) is 1. The van der Waals surface area contributed by atoms with E-state index in [1.54, 1.807) is 13.8 Å². The van der Waals surface area contributed by atoms with E-state index >= 15 is 0 Å². The first kappa shape index (κ1) is 26.1. The number of carbonyl (C=O) groups is 5. The van der Waals surface area contributed by atoms with Crippen molar-refractivity contribution in [3.8, 4) is 0 Å². The van der Waals surface area contributed by atoms with Crippen molar-refractivity contribution in [1.29, 1.82) is 0 Å².